The first-order valence-corrected chi connectivity index (χ1v) is 9.85. The van der Waals surface area contributed by atoms with Gasteiger partial charge in [-0.2, -0.15) is 5.10 Å². The molecule has 1 fully saturated rings. The number of hydrogen-bond donors (Lipinski definition) is 0. The van der Waals surface area contributed by atoms with E-state index in [-0.39, 0.29) is 11.8 Å². The molecule has 29 heavy (non-hydrogen) atoms. The van der Waals surface area contributed by atoms with Gasteiger partial charge in [-0.15, -0.1) is 0 Å². The summed E-state index contributed by atoms with van der Waals surface area (Å²) in [6.07, 6.45) is 2.33. The Morgan fingerprint density at radius 3 is 2.45 bits per heavy atom. The third-order valence-corrected chi connectivity index (χ3v) is 5.25. The van der Waals surface area contributed by atoms with Gasteiger partial charge in [-0.05, 0) is 42.8 Å². The van der Waals surface area contributed by atoms with Gasteiger partial charge in [0.05, 0.1) is 12.0 Å². The average Bonchev–Trinajstić information content (AvgIpc) is 3.32. The molecule has 8 heteroatoms. The van der Waals surface area contributed by atoms with Crippen LogP contribution in [0, 0.1) is 0 Å². The van der Waals surface area contributed by atoms with Crippen molar-refractivity contribution in [2.75, 3.05) is 26.2 Å². The van der Waals surface area contributed by atoms with Crippen LogP contribution in [0.2, 0.25) is 5.02 Å². The number of rotatable bonds is 3. The fourth-order valence-corrected chi connectivity index (χ4v) is 3.59. The number of hydrogen-bond acceptors (Lipinski definition) is 4. The van der Waals surface area contributed by atoms with E-state index in [1.807, 2.05) is 18.2 Å². The molecule has 0 bridgehead atoms. The van der Waals surface area contributed by atoms with Crippen LogP contribution in [-0.4, -0.2) is 57.6 Å². The molecule has 7 nitrogen and oxygen atoms in total. The maximum Gasteiger partial charge on any atom is 0.274 e. The summed E-state index contributed by atoms with van der Waals surface area (Å²) in [6.45, 7) is 3.83. The Kier molecular flexibility index (Phi) is 5.40. The van der Waals surface area contributed by atoms with Gasteiger partial charge in [-0.3, -0.25) is 9.59 Å². The topological polar surface area (TPSA) is 71.6 Å². The van der Waals surface area contributed by atoms with E-state index in [0.29, 0.717) is 48.3 Å². The zero-order valence-corrected chi connectivity index (χ0v) is 16.8. The lowest BCUT2D eigenvalue weighted by atomic mass is 10.2. The van der Waals surface area contributed by atoms with Crippen LogP contribution >= 0.6 is 11.6 Å². The van der Waals surface area contributed by atoms with Crippen LogP contribution in [0.25, 0.3) is 17.1 Å². The Morgan fingerprint density at radius 2 is 1.76 bits per heavy atom. The van der Waals surface area contributed by atoms with Crippen LogP contribution in [0.1, 0.15) is 23.8 Å². The highest BCUT2D eigenvalue weighted by molar-refractivity contribution is 6.30. The fourth-order valence-electron chi connectivity index (χ4n) is 3.46. The van der Waals surface area contributed by atoms with Crippen molar-refractivity contribution in [3.8, 4) is 17.1 Å². The van der Waals surface area contributed by atoms with E-state index in [0.717, 1.165) is 12.1 Å². The van der Waals surface area contributed by atoms with Crippen molar-refractivity contribution in [2.24, 2.45) is 0 Å². The Hall–Kier alpha value is -3.06. The molecule has 0 aliphatic carbocycles. The smallest absolute Gasteiger partial charge is 0.274 e. The Balaban J connectivity index is 1.66. The second-order valence-corrected chi connectivity index (χ2v) is 7.37. The number of benzene rings is 1. The predicted molar refractivity (Wildman–Crippen MR) is 109 cm³/mol. The minimum atomic E-state index is -0.157. The minimum absolute atomic E-state index is 0.0337. The molecular formula is C21H21ClN4O3. The summed E-state index contributed by atoms with van der Waals surface area (Å²) < 4.78 is 7.23. The van der Waals surface area contributed by atoms with Crippen LogP contribution in [0.3, 0.4) is 0 Å². The molecule has 0 radical (unpaired) electrons. The second-order valence-electron chi connectivity index (χ2n) is 6.93. The highest BCUT2D eigenvalue weighted by Gasteiger charge is 2.25. The van der Waals surface area contributed by atoms with Crippen molar-refractivity contribution in [1.82, 2.24) is 19.6 Å². The monoisotopic (exact) mass is 412 g/mol. The van der Waals surface area contributed by atoms with Gasteiger partial charge in [0.2, 0.25) is 5.91 Å². The second kappa shape index (κ2) is 8.13. The predicted octanol–water partition coefficient (Wildman–Crippen LogP) is 3.48. The zero-order valence-electron chi connectivity index (χ0n) is 16.0. The van der Waals surface area contributed by atoms with Gasteiger partial charge in [0.25, 0.3) is 5.91 Å². The zero-order chi connectivity index (χ0) is 20.4. The number of aromatic nitrogens is 2. The number of carbonyl (C=O) groups excluding carboxylic acids is 2. The minimum Gasteiger partial charge on any atom is -0.463 e. The lowest BCUT2D eigenvalue weighted by Gasteiger charge is -2.20. The summed E-state index contributed by atoms with van der Waals surface area (Å²) in [5.74, 6) is 0.493. The summed E-state index contributed by atoms with van der Waals surface area (Å²) >= 11 is 6.01. The lowest BCUT2D eigenvalue weighted by molar-refractivity contribution is -0.128. The third-order valence-electron chi connectivity index (χ3n) is 5.00. The molecule has 2 amide bonds. The highest BCUT2D eigenvalue weighted by atomic mass is 35.5. The summed E-state index contributed by atoms with van der Waals surface area (Å²) in [5.41, 5.74) is 1.79. The number of carbonyl (C=O) groups is 2. The van der Waals surface area contributed by atoms with Gasteiger partial charge in [-0.1, -0.05) is 11.6 Å². The van der Waals surface area contributed by atoms with Crippen molar-refractivity contribution in [3.63, 3.8) is 0 Å². The summed E-state index contributed by atoms with van der Waals surface area (Å²) in [6, 6.07) is 12.6. The molecule has 0 spiro atoms. The molecule has 2 aromatic heterocycles. The van der Waals surface area contributed by atoms with E-state index in [1.165, 1.54) is 0 Å². The summed E-state index contributed by atoms with van der Waals surface area (Å²) in [7, 11) is 0. The summed E-state index contributed by atoms with van der Waals surface area (Å²) in [5, 5.41) is 5.19. The first-order chi connectivity index (χ1) is 14.0. The molecule has 3 aromatic rings. The molecular weight excluding hydrogens is 392 g/mol. The molecule has 1 saturated heterocycles. The molecule has 0 N–H and O–H groups in total. The fraction of sp³-hybridized carbons (Fsp3) is 0.286. The SMILES string of the molecule is CC(=O)N1CCCN(C(=O)c2cc(-c3ccco3)n(-c3ccc(Cl)cc3)n2)CC1. The molecule has 0 atom stereocenters. The van der Waals surface area contributed by atoms with Gasteiger partial charge < -0.3 is 14.2 Å². The molecule has 150 valence electrons. The normalized spacial score (nSPS) is 14.7. The van der Waals surface area contributed by atoms with Crippen molar-refractivity contribution in [3.05, 3.63) is 59.4 Å². The molecule has 0 unspecified atom stereocenters. The first-order valence-electron chi connectivity index (χ1n) is 9.47. The molecule has 3 heterocycles. The van der Waals surface area contributed by atoms with E-state index in [4.69, 9.17) is 16.0 Å². The Morgan fingerprint density at radius 1 is 1.03 bits per heavy atom. The third kappa shape index (κ3) is 4.05. The van der Waals surface area contributed by atoms with Crippen molar-refractivity contribution >= 4 is 23.4 Å². The Bertz CT molecular complexity index is 1010. The molecule has 1 aliphatic rings. The molecule has 4 rings (SSSR count). The van der Waals surface area contributed by atoms with Gasteiger partial charge >= 0.3 is 0 Å². The van der Waals surface area contributed by atoms with E-state index in [9.17, 15) is 9.59 Å². The van der Waals surface area contributed by atoms with Crippen LogP contribution in [-0.2, 0) is 4.79 Å². The van der Waals surface area contributed by atoms with E-state index >= 15 is 0 Å². The average molecular weight is 413 g/mol. The molecule has 0 saturated carbocycles. The van der Waals surface area contributed by atoms with Crippen molar-refractivity contribution < 1.29 is 14.0 Å². The van der Waals surface area contributed by atoms with Crippen molar-refractivity contribution in [2.45, 2.75) is 13.3 Å². The maximum absolute atomic E-state index is 13.1. The van der Waals surface area contributed by atoms with Crippen LogP contribution in [0.4, 0.5) is 0 Å². The number of furan rings is 1. The van der Waals surface area contributed by atoms with Gasteiger partial charge in [-0.25, -0.2) is 4.68 Å². The largest absolute Gasteiger partial charge is 0.463 e. The number of halogens is 1. The number of nitrogens with zero attached hydrogens (tertiary/aromatic N) is 4. The first kappa shape index (κ1) is 19.3. The molecule has 1 aliphatic heterocycles. The molecule has 1 aromatic carbocycles. The standard InChI is InChI=1S/C21H21ClN4O3/c1-15(27)24-9-3-10-25(12-11-24)21(28)18-14-19(20-4-2-13-29-20)26(23-18)17-7-5-16(22)6-8-17/h2,4-8,13-14H,3,9-12H2,1H3. The van der Waals surface area contributed by atoms with E-state index in [2.05, 4.69) is 5.10 Å². The van der Waals surface area contributed by atoms with Crippen LogP contribution < -0.4 is 0 Å². The van der Waals surface area contributed by atoms with Crippen LogP contribution in [0.5, 0.6) is 0 Å². The van der Waals surface area contributed by atoms with Gasteiger partial charge in [0.1, 0.15) is 5.69 Å². The van der Waals surface area contributed by atoms with Crippen molar-refractivity contribution in [1.29, 1.82) is 0 Å². The van der Waals surface area contributed by atoms with Gasteiger partial charge in [0.15, 0.2) is 11.5 Å². The van der Waals surface area contributed by atoms with Crippen LogP contribution in [0.15, 0.2) is 53.1 Å². The summed E-state index contributed by atoms with van der Waals surface area (Å²) in [4.78, 5) is 28.3. The Labute approximate surface area is 173 Å². The van der Waals surface area contributed by atoms with Gasteiger partial charge in [0, 0.05) is 44.2 Å². The van der Waals surface area contributed by atoms with E-state index in [1.54, 1.807) is 51.9 Å². The maximum atomic E-state index is 13.1. The number of amides is 2. The highest BCUT2D eigenvalue weighted by Crippen LogP contribution is 2.26. The van der Waals surface area contributed by atoms with E-state index < -0.39 is 0 Å². The quantitative estimate of drug-likeness (QED) is 0.660. The lowest BCUT2D eigenvalue weighted by Crippen LogP contribution is -2.36.